The van der Waals surface area contributed by atoms with Crippen LogP contribution in [0.2, 0.25) is 0 Å². The molecule has 8 heteroatoms. The highest BCUT2D eigenvalue weighted by Gasteiger charge is 2.36. The van der Waals surface area contributed by atoms with Gasteiger partial charge in [0.25, 0.3) is 0 Å². The highest BCUT2D eigenvalue weighted by molar-refractivity contribution is 7.90. The molecule has 2 amide bonds. The Morgan fingerprint density at radius 1 is 1.33 bits per heavy atom. The average Bonchev–Trinajstić information content (AvgIpc) is 2.73. The number of hydrogen-bond donors (Lipinski definition) is 1. The second-order valence-electron chi connectivity index (χ2n) is 6.25. The van der Waals surface area contributed by atoms with Gasteiger partial charge in [-0.15, -0.1) is 0 Å². The third-order valence-corrected chi connectivity index (χ3v) is 3.90. The van der Waals surface area contributed by atoms with E-state index in [4.69, 9.17) is 4.74 Å². The van der Waals surface area contributed by atoms with Crippen LogP contribution < -0.4 is 5.32 Å². The zero-order valence-electron chi connectivity index (χ0n) is 13.0. The molecular formula is C13H24N2O5S. The van der Waals surface area contributed by atoms with Gasteiger partial charge >= 0.3 is 6.09 Å². The van der Waals surface area contributed by atoms with Gasteiger partial charge in [-0.25, -0.2) is 13.2 Å². The van der Waals surface area contributed by atoms with Gasteiger partial charge in [0.2, 0.25) is 5.91 Å². The first-order valence-corrected chi connectivity index (χ1v) is 9.01. The molecule has 1 rings (SSSR count). The molecule has 0 aromatic heterocycles. The second kappa shape index (κ2) is 6.64. The van der Waals surface area contributed by atoms with Gasteiger partial charge in [-0.1, -0.05) is 0 Å². The van der Waals surface area contributed by atoms with Crippen LogP contribution in [0.4, 0.5) is 4.79 Å². The van der Waals surface area contributed by atoms with Crippen molar-refractivity contribution >= 4 is 21.8 Å². The molecule has 1 fully saturated rings. The quantitative estimate of drug-likeness (QED) is 0.816. The minimum absolute atomic E-state index is 0.0519. The summed E-state index contributed by atoms with van der Waals surface area (Å²) in [7, 11) is -3.12. The molecule has 0 aromatic rings. The van der Waals surface area contributed by atoms with Crippen LogP contribution in [-0.4, -0.2) is 62.1 Å². The standard InChI is InChI=1S/C13H24N2O5S/c1-13(2,3)20-12(17)15-8-5-6-10(15)11(16)14-7-9-21(4,18)19/h10H,5-9H2,1-4H3,(H,14,16)/t10-/m1/s1. The Morgan fingerprint density at radius 3 is 2.48 bits per heavy atom. The van der Waals surface area contributed by atoms with E-state index in [1.807, 2.05) is 0 Å². The van der Waals surface area contributed by atoms with E-state index in [2.05, 4.69) is 5.32 Å². The average molecular weight is 320 g/mol. The van der Waals surface area contributed by atoms with Crippen molar-refractivity contribution in [3.63, 3.8) is 0 Å². The summed E-state index contributed by atoms with van der Waals surface area (Å²) < 4.78 is 27.3. The molecule has 1 aliphatic heterocycles. The van der Waals surface area contributed by atoms with Gasteiger partial charge in [-0.2, -0.15) is 0 Å². The fourth-order valence-corrected chi connectivity index (χ4v) is 2.53. The topological polar surface area (TPSA) is 92.8 Å². The van der Waals surface area contributed by atoms with E-state index in [-0.39, 0.29) is 18.2 Å². The molecule has 0 spiro atoms. The van der Waals surface area contributed by atoms with Crippen LogP contribution in [0.25, 0.3) is 0 Å². The minimum Gasteiger partial charge on any atom is -0.444 e. The van der Waals surface area contributed by atoms with Gasteiger partial charge in [0, 0.05) is 19.3 Å². The molecule has 1 aliphatic rings. The Hall–Kier alpha value is -1.31. The molecule has 1 atom stereocenters. The predicted octanol–water partition coefficient (Wildman–Crippen LogP) is 0.547. The van der Waals surface area contributed by atoms with Crippen molar-refractivity contribution in [1.82, 2.24) is 10.2 Å². The lowest BCUT2D eigenvalue weighted by molar-refractivity contribution is -0.125. The number of sulfone groups is 1. The molecule has 0 unspecified atom stereocenters. The first-order valence-electron chi connectivity index (χ1n) is 6.95. The summed E-state index contributed by atoms with van der Waals surface area (Å²) in [6, 6.07) is -0.584. The van der Waals surface area contributed by atoms with Gasteiger partial charge in [0.05, 0.1) is 5.75 Å². The third kappa shape index (κ3) is 6.33. The smallest absolute Gasteiger partial charge is 0.410 e. The number of likely N-dealkylation sites (tertiary alicyclic amines) is 1. The maximum absolute atomic E-state index is 12.1. The molecule has 1 N–H and O–H groups in total. The maximum atomic E-state index is 12.1. The fourth-order valence-electron chi connectivity index (χ4n) is 2.06. The molecule has 0 aliphatic carbocycles. The largest absolute Gasteiger partial charge is 0.444 e. The van der Waals surface area contributed by atoms with Gasteiger partial charge < -0.3 is 10.1 Å². The fraction of sp³-hybridized carbons (Fsp3) is 0.846. The highest BCUT2D eigenvalue weighted by atomic mass is 32.2. The van der Waals surface area contributed by atoms with Crippen molar-refractivity contribution < 1.29 is 22.7 Å². The third-order valence-electron chi connectivity index (χ3n) is 2.96. The summed E-state index contributed by atoms with van der Waals surface area (Å²) >= 11 is 0. The maximum Gasteiger partial charge on any atom is 0.410 e. The van der Waals surface area contributed by atoms with E-state index in [0.717, 1.165) is 12.7 Å². The van der Waals surface area contributed by atoms with Crippen LogP contribution in [0.3, 0.4) is 0 Å². The number of carbonyl (C=O) groups excluding carboxylic acids is 2. The van der Waals surface area contributed by atoms with E-state index >= 15 is 0 Å². The van der Waals surface area contributed by atoms with E-state index < -0.39 is 27.6 Å². The van der Waals surface area contributed by atoms with Crippen LogP contribution in [0.1, 0.15) is 33.6 Å². The first kappa shape index (κ1) is 17.7. The number of nitrogens with one attached hydrogen (secondary N) is 1. The number of carbonyl (C=O) groups is 2. The normalized spacial score (nSPS) is 19.4. The first-order chi connectivity index (χ1) is 9.49. The number of hydrogen-bond acceptors (Lipinski definition) is 5. The zero-order valence-corrected chi connectivity index (χ0v) is 13.8. The summed E-state index contributed by atoms with van der Waals surface area (Å²) in [5, 5.41) is 2.56. The Morgan fingerprint density at radius 2 is 1.95 bits per heavy atom. The lowest BCUT2D eigenvalue weighted by Crippen LogP contribution is -2.48. The monoisotopic (exact) mass is 320 g/mol. The molecule has 122 valence electrons. The molecule has 0 aromatic carbocycles. The van der Waals surface area contributed by atoms with Crippen LogP contribution in [0.15, 0.2) is 0 Å². The Bertz CT molecular complexity index is 495. The van der Waals surface area contributed by atoms with Gasteiger partial charge in [0.1, 0.15) is 21.5 Å². The van der Waals surface area contributed by atoms with Crippen LogP contribution in [0, 0.1) is 0 Å². The van der Waals surface area contributed by atoms with E-state index in [0.29, 0.717) is 13.0 Å². The van der Waals surface area contributed by atoms with Crippen molar-refractivity contribution in [2.45, 2.75) is 45.3 Å². The lowest BCUT2D eigenvalue weighted by Gasteiger charge is -2.28. The van der Waals surface area contributed by atoms with Crippen molar-refractivity contribution in [2.75, 3.05) is 25.1 Å². The molecule has 0 saturated carbocycles. The van der Waals surface area contributed by atoms with Crippen molar-refractivity contribution in [3.8, 4) is 0 Å². The van der Waals surface area contributed by atoms with Crippen molar-refractivity contribution in [3.05, 3.63) is 0 Å². The van der Waals surface area contributed by atoms with Crippen LogP contribution >= 0.6 is 0 Å². The number of amides is 2. The SMILES string of the molecule is CC(C)(C)OC(=O)N1CCC[C@@H]1C(=O)NCCS(C)(=O)=O. The predicted molar refractivity (Wildman–Crippen MR) is 78.7 cm³/mol. The minimum atomic E-state index is -3.12. The summed E-state index contributed by atoms with van der Waals surface area (Å²) in [5.74, 6) is -0.445. The van der Waals surface area contributed by atoms with Gasteiger partial charge in [-0.05, 0) is 33.6 Å². The van der Waals surface area contributed by atoms with E-state index in [1.54, 1.807) is 20.8 Å². The van der Waals surface area contributed by atoms with E-state index in [1.165, 1.54) is 4.90 Å². The Balaban J connectivity index is 2.56. The molecule has 21 heavy (non-hydrogen) atoms. The lowest BCUT2D eigenvalue weighted by atomic mass is 10.2. The summed E-state index contributed by atoms with van der Waals surface area (Å²) in [6.45, 7) is 5.82. The van der Waals surface area contributed by atoms with E-state index in [9.17, 15) is 18.0 Å². The molecular weight excluding hydrogens is 296 g/mol. The van der Waals surface area contributed by atoms with Crippen LogP contribution in [-0.2, 0) is 19.4 Å². The summed E-state index contributed by atoms with van der Waals surface area (Å²) in [6.07, 6.45) is 1.89. The Kier molecular flexibility index (Phi) is 5.61. The molecule has 0 radical (unpaired) electrons. The molecule has 7 nitrogen and oxygen atoms in total. The summed E-state index contributed by atoms with van der Waals surface area (Å²) in [4.78, 5) is 25.5. The number of rotatable bonds is 4. The second-order valence-corrected chi connectivity index (χ2v) is 8.51. The van der Waals surface area contributed by atoms with Crippen LogP contribution in [0.5, 0.6) is 0 Å². The molecule has 1 saturated heterocycles. The van der Waals surface area contributed by atoms with Gasteiger partial charge in [0.15, 0.2) is 0 Å². The number of ether oxygens (including phenoxy) is 1. The van der Waals surface area contributed by atoms with Gasteiger partial charge in [-0.3, -0.25) is 9.69 Å². The van der Waals surface area contributed by atoms with Crippen molar-refractivity contribution in [2.24, 2.45) is 0 Å². The van der Waals surface area contributed by atoms with Crippen molar-refractivity contribution in [1.29, 1.82) is 0 Å². The molecule has 1 heterocycles. The highest BCUT2D eigenvalue weighted by Crippen LogP contribution is 2.20. The molecule has 0 bridgehead atoms. The number of nitrogens with zero attached hydrogens (tertiary/aromatic N) is 1. The Labute approximate surface area is 125 Å². The summed E-state index contributed by atoms with van der Waals surface area (Å²) in [5.41, 5.74) is -0.614. The zero-order chi connectivity index (χ0) is 16.3.